The molecule has 2 heterocycles. The van der Waals surface area contributed by atoms with Gasteiger partial charge in [-0.1, -0.05) is 42.1 Å². The third-order valence-electron chi connectivity index (χ3n) is 4.05. The van der Waals surface area contributed by atoms with Gasteiger partial charge in [0.25, 0.3) is 0 Å². The molecule has 0 fully saturated rings. The van der Waals surface area contributed by atoms with E-state index in [0.29, 0.717) is 37.0 Å². The molecule has 0 N–H and O–H groups in total. The summed E-state index contributed by atoms with van der Waals surface area (Å²) >= 11 is 1.41. The van der Waals surface area contributed by atoms with E-state index in [2.05, 4.69) is 10.2 Å². The van der Waals surface area contributed by atoms with Crippen LogP contribution in [0, 0.1) is 0 Å². The molecule has 3 rings (SSSR count). The van der Waals surface area contributed by atoms with Crippen molar-refractivity contribution in [1.29, 1.82) is 0 Å². The van der Waals surface area contributed by atoms with Crippen LogP contribution in [0.4, 0.5) is 0 Å². The molecule has 0 bridgehead atoms. The highest BCUT2D eigenvalue weighted by molar-refractivity contribution is 7.99. The van der Waals surface area contributed by atoms with E-state index in [-0.39, 0.29) is 5.91 Å². The first-order chi connectivity index (χ1) is 12.7. The summed E-state index contributed by atoms with van der Waals surface area (Å²) in [4.78, 5) is 14.5. The normalized spacial score (nSPS) is 10.8. The number of nitrogens with zero attached hydrogens (tertiary/aromatic N) is 4. The van der Waals surface area contributed by atoms with Crippen LogP contribution in [0.1, 0.15) is 19.4 Å². The summed E-state index contributed by atoms with van der Waals surface area (Å²) in [5.74, 6) is 1.78. The molecule has 26 heavy (non-hydrogen) atoms. The summed E-state index contributed by atoms with van der Waals surface area (Å²) in [5, 5.41) is 9.17. The Balaban J connectivity index is 1.65. The number of benzene rings is 1. The lowest BCUT2D eigenvalue weighted by molar-refractivity contribution is -0.128. The summed E-state index contributed by atoms with van der Waals surface area (Å²) < 4.78 is 7.38. The van der Waals surface area contributed by atoms with Gasteiger partial charge in [0.2, 0.25) is 5.91 Å². The monoisotopic (exact) mass is 370 g/mol. The molecule has 0 unspecified atom stereocenters. The number of hydrogen-bond donors (Lipinski definition) is 0. The molecule has 1 amide bonds. The predicted molar refractivity (Wildman–Crippen MR) is 102 cm³/mol. The Morgan fingerprint density at radius 1 is 1.15 bits per heavy atom. The maximum Gasteiger partial charge on any atom is 0.233 e. The van der Waals surface area contributed by atoms with Crippen molar-refractivity contribution in [2.24, 2.45) is 0 Å². The Kier molecular flexibility index (Phi) is 6.12. The lowest BCUT2D eigenvalue weighted by Crippen LogP contribution is -2.31. The Hall–Kier alpha value is -2.54. The smallest absolute Gasteiger partial charge is 0.233 e. The lowest BCUT2D eigenvalue weighted by Gasteiger charge is -2.20. The van der Waals surface area contributed by atoms with Crippen molar-refractivity contribution in [1.82, 2.24) is 19.7 Å². The highest BCUT2D eigenvalue weighted by atomic mass is 32.2. The van der Waals surface area contributed by atoms with E-state index in [9.17, 15) is 4.79 Å². The van der Waals surface area contributed by atoms with Crippen molar-refractivity contribution >= 4 is 17.7 Å². The first-order valence-corrected chi connectivity index (χ1v) is 9.63. The Labute approximate surface area is 157 Å². The Morgan fingerprint density at radius 2 is 1.96 bits per heavy atom. The van der Waals surface area contributed by atoms with Crippen LogP contribution in [-0.4, -0.2) is 37.9 Å². The zero-order valence-corrected chi connectivity index (χ0v) is 15.8. The van der Waals surface area contributed by atoms with Gasteiger partial charge >= 0.3 is 0 Å². The fourth-order valence-corrected chi connectivity index (χ4v) is 3.57. The molecule has 0 spiro atoms. The number of thioether (sulfide) groups is 1. The number of aromatic nitrogens is 3. The van der Waals surface area contributed by atoms with E-state index >= 15 is 0 Å². The fraction of sp³-hybridized carbons (Fsp3) is 0.316. The summed E-state index contributed by atoms with van der Waals surface area (Å²) in [5.41, 5.74) is 1.13. The third-order valence-corrected chi connectivity index (χ3v) is 5.00. The lowest BCUT2D eigenvalue weighted by atomic mass is 10.2. The molecule has 7 heteroatoms. The predicted octanol–water partition coefficient (Wildman–Crippen LogP) is 3.70. The van der Waals surface area contributed by atoms with Gasteiger partial charge in [0.05, 0.1) is 12.0 Å². The number of rotatable bonds is 8. The van der Waals surface area contributed by atoms with Gasteiger partial charge in [-0.15, -0.1) is 10.2 Å². The van der Waals surface area contributed by atoms with Crippen LogP contribution in [0.3, 0.4) is 0 Å². The minimum absolute atomic E-state index is 0.0894. The number of carbonyl (C=O) groups excluding carboxylic acids is 1. The van der Waals surface area contributed by atoms with E-state index in [1.807, 2.05) is 65.8 Å². The highest BCUT2D eigenvalue weighted by Gasteiger charge is 2.18. The molecule has 0 saturated carbocycles. The van der Waals surface area contributed by atoms with Gasteiger partial charge < -0.3 is 9.32 Å². The Morgan fingerprint density at radius 3 is 2.62 bits per heavy atom. The number of furan rings is 1. The summed E-state index contributed by atoms with van der Waals surface area (Å²) in [7, 11) is 0. The van der Waals surface area contributed by atoms with Crippen LogP contribution in [0.5, 0.6) is 0 Å². The van der Waals surface area contributed by atoms with E-state index in [1.165, 1.54) is 11.8 Å². The molecule has 0 aliphatic carbocycles. The largest absolute Gasteiger partial charge is 0.461 e. The van der Waals surface area contributed by atoms with Crippen molar-refractivity contribution in [3.05, 3.63) is 54.3 Å². The molecule has 0 aliphatic heterocycles. The second-order valence-corrected chi connectivity index (χ2v) is 6.65. The second-order valence-electron chi connectivity index (χ2n) is 5.71. The van der Waals surface area contributed by atoms with Gasteiger partial charge in [0.15, 0.2) is 16.7 Å². The van der Waals surface area contributed by atoms with Crippen LogP contribution in [-0.2, 0) is 17.9 Å². The van der Waals surface area contributed by atoms with Crippen molar-refractivity contribution in [3.63, 3.8) is 0 Å². The van der Waals surface area contributed by atoms with Crippen LogP contribution in [0.25, 0.3) is 11.6 Å². The van der Waals surface area contributed by atoms with Gasteiger partial charge in [0, 0.05) is 19.6 Å². The van der Waals surface area contributed by atoms with E-state index in [4.69, 9.17) is 4.42 Å². The van der Waals surface area contributed by atoms with Gasteiger partial charge in [-0.25, -0.2) is 0 Å². The van der Waals surface area contributed by atoms with Crippen molar-refractivity contribution < 1.29 is 9.21 Å². The SMILES string of the molecule is CCN(Cc1ccccc1)C(=O)CSc1nnc(-c2ccco2)n1CC. The number of amides is 1. The third kappa shape index (κ3) is 4.16. The van der Waals surface area contributed by atoms with Crippen molar-refractivity contribution in [2.45, 2.75) is 32.1 Å². The molecule has 3 aromatic rings. The van der Waals surface area contributed by atoms with Crippen LogP contribution in [0.15, 0.2) is 58.3 Å². The van der Waals surface area contributed by atoms with Crippen LogP contribution < -0.4 is 0 Å². The van der Waals surface area contributed by atoms with Crippen LogP contribution >= 0.6 is 11.8 Å². The number of hydrogen-bond acceptors (Lipinski definition) is 5. The molecule has 0 radical (unpaired) electrons. The Bertz CT molecular complexity index is 831. The van der Waals surface area contributed by atoms with Crippen molar-refractivity contribution in [2.75, 3.05) is 12.3 Å². The molecule has 6 nitrogen and oxygen atoms in total. The molecule has 136 valence electrons. The highest BCUT2D eigenvalue weighted by Crippen LogP contribution is 2.24. The first kappa shape index (κ1) is 18.3. The van der Waals surface area contributed by atoms with Gasteiger partial charge in [-0.2, -0.15) is 0 Å². The zero-order valence-electron chi connectivity index (χ0n) is 15.0. The minimum atomic E-state index is 0.0894. The summed E-state index contributed by atoms with van der Waals surface area (Å²) in [6.07, 6.45) is 1.61. The molecular formula is C19H22N4O2S. The number of carbonyl (C=O) groups is 1. The molecule has 1 aromatic carbocycles. The second kappa shape index (κ2) is 8.71. The average molecular weight is 370 g/mol. The molecule has 0 saturated heterocycles. The van der Waals surface area contributed by atoms with Gasteiger partial charge in [0.1, 0.15) is 0 Å². The molecule has 0 aliphatic rings. The molecular weight excluding hydrogens is 348 g/mol. The maximum absolute atomic E-state index is 12.6. The van der Waals surface area contributed by atoms with Crippen LogP contribution in [0.2, 0.25) is 0 Å². The van der Waals surface area contributed by atoms with E-state index in [1.54, 1.807) is 6.26 Å². The van der Waals surface area contributed by atoms with Gasteiger partial charge in [-0.05, 0) is 31.5 Å². The standard InChI is InChI=1S/C19H22N4O2S/c1-3-22(13-15-9-6-5-7-10-15)17(24)14-26-19-21-20-18(23(19)4-2)16-11-8-12-25-16/h5-12H,3-4,13-14H2,1-2H3. The maximum atomic E-state index is 12.6. The molecule has 2 aromatic heterocycles. The summed E-state index contributed by atoms with van der Waals surface area (Å²) in [6.45, 7) is 6.02. The van der Waals surface area contributed by atoms with Gasteiger partial charge in [-0.3, -0.25) is 9.36 Å². The fourth-order valence-electron chi connectivity index (χ4n) is 2.67. The quantitative estimate of drug-likeness (QED) is 0.566. The van der Waals surface area contributed by atoms with E-state index in [0.717, 1.165) is 10.7 Å². The first-order valence-electron chi connectivity index (χ1n) is 8.64. The van der Waals surface area contributed by atoms with Crippen molar-refractivity contribution in [3.8, 4) is 11.6 Å². The van der Waals surface area contributed by atoms with E-state index < -0.39 is 0 Å². The topological polar surface area (TPSA) is 64.2 Å². The zero-order chi connectivity index (χ0) is 18.4. The average Bonchev–Trinajstić information content (AvgIpc) is 3.33. The minimum Gasteiger partial charge on any atom is -0.461 e. The molecule has 0 atom stereocenters. The summed E-state index contributed by atoms with van der Waals surface area (Å²) in [6, 6.07) is 13.7.